The molecule has 1 aromatic rings. The number of halogens is 4. The summed E-state index contributed by atoms with van der Waals surface area (Å²) in [5, 5.41) is 0. The Kier molecular flexibility index (Phi) is 5.00. The maximum Gasteiger partial charge on any atom is 0.298 e. The van der Waals surface area contributed by atoms with Gasteiger partial charge >= 0.3 is 0 Å². The molecule has 9 heteroatoms. The molecule has 0 atom stereocenters. The lowest BCUT2D eigenvalue weighted by Gasteiger charge is -1.93. The monoisotopic (exact) mass is 346 g/mol. The van der Waals surface area contributed by atoms with Gasteiger partial charge in [-0.15, -0.1) is 23.7 Å². The van der Waals surface area contributed by atoms with E-state index in [1.54, 1.807) is 0 Å². The van der Waals surface area contributed by atoms with E-state index in [-0.39, 0.29) is 30.4 Å². The van der Waals surface area contributed by atoms with Crippen LogP contribution < -0.4 is 0 Å². The molecular weight excluding hydrogens is 346 g/mol. The Bertz CT molecular complexity index is 413. The number of hydrogen-bond donors (Lipinski definition) is 1. The minimum atomic E-state index is -4.30. The molecule has 0 spiro atoms. The van der Waals surface area contributed by atoms with Gasteiger partial charge in [0.1, 0.15) is 13.6 Å². The molecule has 1 N–H and O–H groups in total. The largest absolute Gasteiger partial charge is 0.298 e. The van der Waals surface area contributed by atoms with Gasteiger partial charge in [-0.3, -0.25) is 4.55 Å². The fourth-order valence-electron chi connectivity index (χ4n) is 0.560. The van der Waals surface area contributed by atoms with Gasteiger partial charge in [0, 0.05) is 0 Å². The van der Waals surface area contributed by atoms with E-state index in [1.165, 1.54) is 0 Å². The molecule has 0 aliphatic heterocycles. The number of rotatable bonds is 1. The van der Waals surface area contributed by atoms with E-state index in [9.17, 15) is 8.42 Å². The van der Waals surface area contributed by atoms with Crippen molar-refractivity contribution in [3.8, 4) is 0 Å². The molecule has 0 unspecified atom stereocenters. The Hall–Kier alpha value is 0.960. The summed E-state index contributed by atoms with van der Waals surface area (Å²) in [5.74, 6) is 0. The van der Waals surface area contributed by atoms with Crippen LogP contribution in [-0.2, 0) is 10.1 Å². The third kappa shape index (κ3) is 2.95. The summed E-state index contributed by atoms with van der Waals surface area (Å²) in [6.45, 7) is 0. The molecule has 0 saturated carbocycles. The highest BCUT2D eigenvalue weighted by atomic mass is 79.9. The standard InChI is InChI=1S/C4HBrCl2O3S2.ClH/c5-1-2(12(8,9)10)4(7)11-3(1)6;/h(H,8,9,10);1H. The van der Waals surface area contributed by atoms with Crippen LogP contribution in [0.15, 0.2) is 9.37 Å². The molecule has 1 heterocycles. The minimum Gasteiger partial charge on any atom is -0.282 e. The molecule has 0 amide bonds. The zero-order valence-electron chi connectivity index (χ0n) is 5.62. The van der Waals surface area contributed by atoms with Crippen LogP contribution in [0.25, 0.3) is 0 Å². The highest BCUT2D eigenvalue weighted by molar-refractivity contribution is 9.10. The Morgan fingerprint density at radius 2 is 1.77 bits per heavy atom. The first-order valence-electron chi connectivity index (χ1n) is 2.45. The van der Waals surface area contributed by atoms with Crippen LogP contribution in [-0.4, -0.2) is 13.0 Å². The molecule has 1 aromatic heterocycles. The van der Waals surface area contributed by atoms with E-state index in [4.69, 9.17) is 27.8 Å². The molecule has 1 rings (SSSR count). The fraction of sp³-hybridized carbons (Fsp3) is 0. The molecule has 0 bridgehead atoms. The Balaban J connectivity index is 0.00000144. The third-order valence-corrected chi connectivity index (χ3v) is 5.31. The van der Waals surface area contributed by atoms with Crippen LogP contribution >= 0.6 is 62.9 Å². The number of thiophene rings is 1. The molecule has 0 saturated heterocycles. The maximum absolute atomic E-state index is 10.7. The first-order valence-corrected chi connectivity index (χ1v) is 6.25. The van der Waals surface area contributed by atoms with Gasteiger partial charge in [0.05, 0.1) is 4.47 Å². The summed E-state index contributed by atoms with van der Waals surface area (Å²) in [6, 6.07) is 0. The summed E-state index contributed by atoms with van der Waals surface area (Å²) < 4.78 is 30.2. The summed E-state index contributed by atoms with van der Waals surface area (Å²) in [6.07, 6.45) is 0. The predicted octanol–water partition coefficient (Wildman–Crippen LogP) is 3.49. The molecule has 3 nitrogen and oxygen atoms in total. The summed E-state index contributed by atoms with van der Waals surface area (Å²) >= 11 is 14.8. The van der Waals surface area contributed by atoms with E-state index in [0.29, 0.717) is 0 Å². The van der Waals surface area contributed by atoms with Crippen molar-refractivity contribution in [2.24, 2.45) is 0 Å². The average molecular weight is 348 g/mol. The topological polar surface area (TPSA) is 54.4 Å². The van der Waals surface area contributed by atoms with Crippen molar-refractivity contribution in [1.82, 2.24) is 0 Å². The lowest BCUT2D eigenvalue weighted by molar-refractivity contribution is 0.483. The van der Waals surface area contributed by atoms with Crippen molar-refractivity contribution in [3.63, 3.8) is 0 Å². The van der Waals surface area contributed by atoms with Crippen LogP contribution in [0, 0.1) is 0 Å². The zero-order chi connectivity index (χ0) is 9.52. The van der Waals surface area contributed by atoms with E-state index in [0.717, 1.165) is 11.3 Å². The molecule has 13 heavy (non-hydrogen) atoms. The predicted molar refractivity (Wildman–Crippen MR) is 59.1 cm³/mol. The molecule has 0 aliphatic rings. The summed E-state index contributed by atoms with van der Waals surface area (Å²) in [7, 11) is -4.30. The van der Waals surface area contributed by atoms with E-state index in [1.807, 2.05) is 0 Å². The summed E-state index contributed by atoms with van der Waals surface area (Å²) in [5.41, 5.74) is 0. The highest BCUT2D eigenvalue weighted by Crippen LogP contribution is 2.42. The number of hydrogen-bond acceptors (Lipinski definition) is 3. The second-order valence-electron chi connectivity index (χ2n) is 1.77. The van der Waals surface area contributed by atoms with Crippen molar-refractivity contribution in [2.45, 2.75) is 4.90 Å². The third-order valence-electron chi connectivity index (χ3n) is 0.988. The minimum absolute atomic E-state index is 0. The maximum atomic E-state index is 10.7. The molecule has 0 aliphatic carbocycles. The van der Waals surface area contributed by atoms with Crippen LogP contribution in [0.3, 0.4) is 0 Å². The van der Waals surface area contributed by atoms with Gasteiger partial charge in [0.2, 0.25) is 0 Å². The van der Waals surface area contributed by atoms with Crippen molar-refractivity contribution in [1.29, 1.82) is 0 Å². The van der Waals surface area contributed by atoms with Crippen molar-refractivity contribution in [3.05, 3.63) is 13.1 Å². The van der Waals surface area contributed by atoms with Crippen molar-refractivity contribution in [2.75, 3.05) is 0 Å². The van der Waals surface area contributed by atoms with Crippen LogP contribution in [0.5, 0.6) is 0 Å². The van der Waals surface area contributed by atoms with E-state index in [2.05, 4.69) is 15.9 Å². The Morgan fingerprint density at radius 3 is 1.92 bits per heavy atom. The van der Waals surface area contributed by atoms with Gasteiger partial charge in [-0.05, 0) is 15.9 Å². The molecule has 0 radical (unpaired) electrons. The highest BCUT2D eigenvalue weighted by Gasteiger charge is 2.23. The van der Waals surface area contributed by atoms with Gasteiger partial charge in [0.25, 0.3) is 10.1 Å². The smallest absolute Gasteiger partial charge is 0.282 e. The molecule has 0 fully saturated rings. The molecule has 0 aromatic carbocycles. The van der Waals surface area contributed by atoms with Crippen LogP contribution in [0.1, 0.15) is 0 Å². The lowest BCUT2D eigenvalue weighted by Crippen LogP contribution is -1.97. The van der Waals surface area contributed by atoms with Gasteiger partial charge < -0.3 is 0 Å². The van der Waals surface area contributed by atoms with Crippen molar-refractivity contribution < 1.29 is 13.0 Å². The fourth-order valence-corrected chi connectivity index (χ4v) is 4.56. The lowest BCUT2D eigenvalue weighted by atomic mass is 10.7. The van der Waals surface area contributed by atoms with Crippen LogP contribution in [0.2, 0.25) is 8.67 Å². The first kappa shape index (κ1) is 14.0. The van der Waals surface area contributed by atoms with Crippen molar-refractivity contribution >= 4 is 73.0 Å². The molecule has 76 valence electrons. The normalized spacial score (nSPS) is 11.1. The quantitative estimate of drug-likeness (QED) is 0.791. The van der Waals surface area contributed by atoms with Gasteiger partial charge in [-0.2, -0.15) is 8.42 Å². The molecular formula is C4H2BrCl3O3S2. The van der Waals surface area contributed by atoms with Crippen LogP contribution in [0.4, 0.5) is 0 Å². The van der Waals surface area contributed by atoms with E-state index < -0.39 is 10.1 Å². The van der Waals surface area contributed by atoms with Gasteiger partial charge in [0.15, 0.2) is 0 Å². The van der Waals surface area contributed by atoms with Gasteiger partial charge in [-0.25, -0.2) is 0 Å². The second-order valence-corrected chi connectivity index (χ2v) is 6.14. The van der Waals surface area contributed by atoms with Gasteiger partial charge in [-0.1, -0.05) is 23.2 Å². The first-order chi connectivity index (χ1) is 5.34. The van der Waals surface area contributed by atoms with E-state index >= 15 is 0 Å². The Morgan fingerprint density at radius 1 is 1.31 bits per heavy atom. The zero-order valence-corrected chi connectivity index (χ0v) is 11.2. The Labute approximate surface area is 103 Å². The average Bonchev–Trinajstić information content (AvgIpc) is 2.05. The summed E-state index contributed by atoms with van der Waals surface area (Å²) in [4.78, 5) is -0.376. The second kappa shape index (κ2) is 4.65. The SMILES string of the molecule is Cl.O=S(=O)(O)c1c(Cl)sc(Cl)c1Br.